The van der Waals surface area contributed by atoms with E-state index in [1.54, 1.807) is 6.33 Å². The van der Waals surface area contributed by atoms with E-state index in [4.69, 9.17) is 0 Å². The van der Waals surface area contributed by atoms with E-state index in [9.17, 15) is 0 Å². The minimum atomic E-state index is 0.141. The molecule has 0 radical (unpaired) electrons. The SMILES string of the molecule is c1ccc(-n2c3ccccc3c3cc(C4Sc5ccccc5C4c4c5ccccc5c(-c5cccc(-c6cncnc6)c5)c5ccccc45)ccc32)cc1. The molecule has 1 aliphatic heterocycles. The highest BCUT2D eigenvalue weighted by Gasteiger charge is 2.38. The molecule has 0 aliphatic carbocycles. The summed E-state index contributed by atoms with van der Waals surface area (Å²) in [4.78, 5) is 9.96. The molecule has 1 aliphatic rings. The Morgan fingerprint density at radius 2 is 1.09 bits per heavy atom. The molecule has 54 heavy (non-hydrogen) atoms. The summed E-state index contributed by atoms with van der Waals surface area (Å²) in [6.45, 7) is 0. The molecule has 0 bridgehead atoms. The van der Waals surface area contributed by atoms with Gasteiger partial charge in [0.25, 0.3) is 0 Å². The fraction of sp³-hybridized carbons (Fsp3) is 0.0400. The molecule has 11 rings (SSSR count). The minimum Gasteiger partial charge on any atom is -0.309 e. The first-order chi connectivity index (χ1) is 26.8. The van der Waals surface area contributed by atoms with Crippen molar-refractivity contribution in [2.24, 2.45) is 0 Å². The lowest BCUT2D eigenvalue weighted by atomic mass is 9.78. The lowest BCUT2D eigenvalue weighted by Crippen LogP contribution is -2.08. The summed E-state index contributed by atoms with van der Waals surface area (Å²) in [5.74, 6) is 0.141. The molecule has 0 spiro atoms. The number of hydrogen-bond acceptors (Lipinski definition) is 3. The molecule has 0 N–H and O–H groups in total. The molecule has 8 aromatic carbocycles. The fourth-order valence-corrected chi connectivity index (χ4v) is 10.4. The zero-order valence-electron chi connectivity index (χ0n) is 29.3. The maximum absolute atomic E-state index is 4.30. The molecule has 3 nitrogen and oxygen atoms in total. The van der Waals surface area contributed by atoms with Crippen LogP contribution in [-0.2, 0) is 0 Å². The third-order valence-corrected chi connectivity index (χ3v) is 12.6. The predicted molar refractivity (Wildman–Crippen MR) is 226 cm³/mol. The van der Waals surface area contributed by atoms with E-state index in [-0.39, 0.29) is 11.2 Å². The van der Waals surface area contributed by atoms with Crippen LogP contribution >= 0.6 is 11.8 Å². The van der Waals surface area contributed by atoms with Gasteiger partial charge in [-0.2, -0.15) is 0 Å². The monoisotopic (exact) mass is 707 g/mol. The van der Waals surface area contributed by atoms with E-state index in [1.807, 2.05) is 24.2 Å². The molecule has 254 valence electrons. The number of para-hydroxylation sites is 2. The Hall–Kier alpha value is -6.49. The van der Waals surface area contributed by atoms with Crippen LogP contribution in [0, 0.1) is 0 Å². The average molecular weight is 708 g/mol. The topological polar surface area (TPSA) is 30.7 Å². The van der Waals surface area contributed by atoms with Crippen LogP contribution in [0.5, 0.6) is 0 Å². The second-order valence-electron chi connectivity index (χ2n) is 14.1. The summed E-state index contributed by atoms with van der Waals surface area (Å²) >= 11 is 2.01. The van der Waals surface area contributed by atoms with Gasteiger partial charge in [-0.1, -0.05) is 127 Å². The Morgan fingerprint density at radius 3 is 1.87 bits per heavy atom. The van der Waals surface area contributed by atoms with Gasteiger partial charge >= 0.3 is 0 Å². The Kier molecular flexibility index (Phi) is 7.24. The van der Waals surface area contributed by atoms with Crippen LogP contribution in [0.2, 0.25) is 0 Å². The van der Waals surface area contributed by atoms with Gasteiger partial charge in [-0.3, -0.25) is 0 Å². The number of nitrogens with zero attached hydrogens (tertiary/aromatic N) is 3. The van der Waals surface area contributed by atoms with Crippen molar-refractivity contribution in [2.45, 2.75) is 16.1 Å². The molecule has 2 unspecified atom stereocenters. The third-order valence-electron chi connectivity index (χ3n) is 11.2. The number of fused-ring (bicyclic) bond motifs is 6. The van der Waals surface area contributed by atoms with Crippen LogP contribution in [0.3, 0.4) is 0 Å². The lowest BCUT2D eigenvalue weighted by Gasteiger charge is -2.26. The van der Waals surface area contributed by atoms with Crippen LogP contribution in [0.15, 0.2) is 193 Å². The second kappa shape index (κ2) is 12.6. The first-order valence-corrected chi connectivity index (χ1v) is 19.3. The predicted octanol–water partition coefficient (Wildman–Crippen LogP) is 13.2. The molecular formula is C50H33N3S. The summed E-state index contributed by atoms with van der Waals surface area (Å²) in [5, 5.41) is 7.88. The molecule has 0 amide bonds. The van der Waals surface area contributed by atoms with Gasteiger partial charge in [-0.15, -0.1) is 11.8 Å². The van der Waals surface area contributed by atoms with Gasteiger partial charge in [0.1, 0.15) is 6.33 Å². The van der Waals surface area contributed by atoms with E-state index in [2.05, 4.69) is 184 Å². The number of thioether (sulfide) groups is 1. The Labute approximate surface area is 317 Å². The summed E-state index contributed by atoms with van der Waals surface area (Å²) < 4.78 is 2.40. The number of hydrogen-bond donors (Lipinski definition) is 0. The molecule has 10 aromatic rings. The molecule has 4 heteroatoms. The largest absolute Gasteiger partial charge is 0.309 e. The molecule has 0 saturated carbocycles. The lowest BCUT2D eigenvalue weighted by molar-refractivity contribution is 0.811. The van der Waals surface area contributed by atoms with Gasteiger partial charge in [-0.05, 0) is 97.4 Å². The van der Waals surface area contributed by atoms with Crippen molar-refractivity contribution < 1.29 is 0 Å². The summed E-state index contributed by atoms with van der Waals surface area (Å²) in [6, 6.07) is 62.7. The normalized spacial score (nSPS) is 15.3. The third kappa shape index (κ3) is 4.84. The zero-order valence-corrected chi connectivity index (χ0v) is 30.1. The van der Waals surface area contributed by atoms with Crippen molar-refractivity contribution in [3.63, 3.8) is 0 Å². The van der Waals surface area contributed by atoms with Crippen molar-refractivity contribution in [3.8, 4) is 27.9 Å². The van der Waals surface area contributed by atoms with Crippen molar-refractivity contribution in [3.05, 3.63) is 205 Å². The molecule has 2 atom stereocenters. The van der Waals surface area contributed by atoms with Gasteiger partial charge in [-0.25, -0.2) is 9.97 Å². The van der Waals surface area contributed by atoms with Gasteiger partial charge < -0.3 is 4.57 Å². The van der Waals surface area contributed by atoms with E-state index in [0.717, 1.165) is 11.1 Å². The Balaban J connectivity index is 1.15. The number of rotatable bonds is 5. The summed E-state index contributed by atoms with van der Waals surface area (Å²) in [7, 11) is 0. The van der Waals surface area contributed by atoms with Crippen LogP contribution in [-0.4, -0.2) is 14.5 Å². The van der Waals surface area contributed by atoms with Gasteiger partial charge in [0.05, 0.1) is 11.0 Å². The highest BCUT2D eigenvalue weighted by Crippen LogP contribution is 2.60. The van der Waals surface area contributed by atoms with Crippen molar-refractivity contribution in [2.75, 3.05) is 0 Å². The maximum Gasteiger partial charge on any atom is 0.115 e. The minimum absolute atomic E-state index is 0.141. The van der Waals surface area contributed by atoms with E-state index in [1.165, 1.54) is 81.8 Å². The van der Waals surface area contributed by atoms with E-state index < -0.39 is 0 Å². The van der Waals surface area contributed by atoms with Gasteiger partial charge in [0, 0.05) is 50.5 Å². The van der Waals surface area contributed by atoms with Crippen LogP contribution in [0.1, 0.15) is 27.9 Å². The van der Waals surface area contributed by atoms with Crippen LogP contribution < -0.4 is 0 Å². The first kappa shape index (κ1) is 31.1. The quantitative estimate of drug-likeness (QED) is 0.167. The van der Waals surface area contributed by atoms with E-state index >= 15 is 0 Å². The van der Waals surface area contributed by atoms with Crippen molar-refractivity contribution in [1.82, 2.24) is 14.5 Å². The zero-order chi connectivity index (χ0) is 35.6. The standard InChI is InChI=1S/C50H33N3S/c1-2-15-36(16-3-1)53-44-23-10-8-17-37(44)43-28-34(25-26-45(43)53)50-49(42-22-9-11-24-46(42)54-50)48-40-20-6-4-18-38(40)47(39-19-5-7-21-41(39)48)33-14-12-13-32(27-33)35-29-51-31-52-30-35/h1-31,49-50H. The summed E-state index contributed by atoms with van der Waals surface area (Å²) in [6.07, 6.45) is 5.36. The highest BCUT2D eigenvalue weighted by atomic mass is 32.2. The molecule has 2 aromatic heterocycles. The summed E-state index contributed by atoms with van der Waals surface area (Å²) in [5.41, 5.74) is 12.3. The molecule has 0 fully saturated rings. The van der Waals surface area contributed by atoms with E-state index in [0.29, 0.717) is 0 Å². The molecule has 3 heterocycles. The maximum atomic E-state index is 4.30. The van der Waals surface area contributed by atoms with Crippen LogP contribution in [0.25, 0.3) is 71.3 Å². The molecule has 0 saturated heterocycles. The number of benzene rings is 8. The first-order valence-electron chi connectivity index (χ1n) is 18.4. The second-order valence-corrected chi connectivity index (χ2v) is 15.3. The Bertz CT molecular complexity index is 2980. The number of aromatic nitrogens is 3. The average Bonchev–Trinajstić information content (AvgIpc) is 3.79. The van der Waals surface area contributed by atoms with Crippen molar-refractivity contribution >= 4 is 55.1 Å². The fourth-order valence-electron chi connectivity index (χ4n) is 8.91. The van der Waals surface area contributed by atoms with Gasteiger partial charge in [0.15, 0.2) is 0 Å². The molecular weight excluding hydrogens is 675 g/mol. The van der Waals surface area contributed by atoms with Gasteiger partial charge in [0.2, 0.25) is 0 Å². The van der Waals surface area contributed by atoms with Crippen molar-refractivity contribution in [1.29, 1.82) is 0 Å². The Morgan fingerprint density at radius 1 is 0.463 bits per heavy atom. The smallest absolute Gasteiger partial charge is 0.115 e. The highest BCUT2D eigenvalue weighted by molar-refractivity contribution is 8.00. The van der Waals surface area contributed by atoms with Crippen LogP contribution in [0.4, 0.5) is 0 Å².